The summed E-state index contributed by atoms with van der Waals surface area (Å²) >= 11 is 0. The fourth-order valence-corrected chi connectivity index (χ4v) is 3.65. The Morgan fingerprint density at radius 1 is 1.04 bits per heavy atom. The SMILES string of the molecule is Cc1cccc(CS(=O)(=O)c2nnc([C@@H](N)Cc3ccccc3)o2)c1.Cl. The van der Waals surface area contributed by atoms with Crippen LogP contribution in [0.3, 0.4) is 0 Å². The highest BCUT2D eigenvalue weighted by molar-refractivity contribution is 7.90. The van der Waals surface area contributed by atoms with Crippen LogP contribution in [0.25, 0.3) is 0 Å². The maximum absolute atomic E-state index is 12.5. The van der Waals surface area contributed by atoms with Gasteiger partial charge in [-0.15, -0.1) is 17.5 Å². The van der Waals surface area contributed by atoms with Crippen LogP contribution in [0, 0.1) is 6.92 Å². The molecule has 3 rings (SSSR count). The monoisotopic (exact) mass is 393 g/mol. The first-order valence-corrected chi connectivity index (χ1v) is 9.50. The Morgan fingerprint density at radius 2 is 1.73 bits per heavy atom. The van der Waals surface area contributed by atoms with E-state index in [-0.39, 0.29) is 24.1 Å². The van der Waals surface area contributed by atoms with E-state index in [1.807, 2.05) is 55.5 Å². The van der Waals surface area contributed by atoms with Gasteiger partial charge in [0.05, 0.1) is 11.8 Å². The number of aryl methyl sites for hydroxylation is 1. The van der Waals surface area contributed by atoms with Crippen LogP contribution >= 0.6 is 12.4 Å². The highest BCUT2D eigenvalue weighted by Crippen LogP contribution is 2.20. The molecule has 0 saturated carbocycles. The lowest BCUT2D eigenvalue weighted by atomic mass is 10.1. The van der Waals surface area contributed by atoms with Crippen LogP contribution in [0.5, 0.6) is 0 Å². The van der Waals surface area contributed by atoms with Gasteiger partial charge in [-0.05, 0) is 24.5 Å². The number of benzene rings is 2. The van der Waals surface area contributed by atoms with Gasteiger partial charge in [-0.1, -0.05) is 65.3 Å². The van der Waals surface area contributed by atoms with Gasteiger partial charge in [0.1, 0.15) is 0 Å². The lowest BCUT2D eigenvalue weighted by molar-refractivity contribution is 0.372. The normalized spacial score (nSPS) is 12.4. The largest absolute Gasteiger partial charge is 0.411 e. The summed E-state index contributed by atoms with van der Waals surface area (Å²) in [7, 11) is -3.71. The Labute approximate surface area is 158 Å². The third kappa shape index (κ3) is 4.91. The minimum atomic E-state index is -3.71. The molecule has 0 aliphatic carbocycles. The van der Waals surface area contributed by atoms with Crippen LogP contribution in [0.1, 0.15) is 28.6 Å². The van der Waals surface area contributed by atoms with Crippen LogP contribution in [-0.4, -0.2) is 18.6 Å². The van der Waals surface area contributed by atoms with Crippen LogP contribution in [-0.2, 0) is 22.0 Å². The van der Waals surface area contributed by atoms with Crippen molar-refractivity contribution < 1.29 is 12.8 Å². The summed E-state index contributed by atoms with van der Waals surface area (Å²) in [6.45, 7) is 1.91. The maximum atomic E-state index is 12.5. The van der Waals surface area contributed by atoms with E-state index < -0.39 is 21.1 Å². The fourth-order valence-electron chi connectivity index (χ4n) is 2.53. The number of aromatic nitrogens is 2. The van der Waals surface area contributed by atoms with Gasteiger partial charge in [-0.25, -0.2) is 8.42 Å². The van der Waals surface area contributed by atoms with Gasteiger partial charge < -0.3 is 10.2 Å². The van der Waals surface area contributed by atoms with E-state index in [4.69, 9.17) is 10.2 Å². The molecule has 0 aliphatic rings. The Hall–Kier alpha value is -2.22. The van der Waals surface area contributed by atoms with E-state index >= 15 is 0 Å². The molecular weight excluding hydrogens is 374 g/mol. The molecule has 0 unspecified atom stereocenters. The van der Waals surface area contributed by atoms with Gasteiger partial charge >= 0.3 is 5.22 Å². The molecule has 2 aromatic carbocycles. The predicted molar refractivity (Wildman–Crippen MR) is 101 cm³/mol. The van der Waals surface area contributed by atoms with Gasteiger partial charge in [-0.3, -0.25) is 0 Å². The van der Waals surface area contributed by atoms with Crippen LogP contribution in [0.15, 0.2) is 64.2 Å². The number of hydrogen-bond acceptors (Lipinski definition) is 6. The Balaban J connectivity index is 0.00000243. The van der Waals surface area contributed by atoms with Gasteiger partial charge in [0.2, 0.25) is 15.7 Å². The quantitative estimate of drug-likeness (QED) is 0.691. The summed E-state index contributed by atoms with van der Waals surface area (Å²) in [5.74, 6) is -0.0730. The Bertz CT molecular complexity index is 959. The first kappa shape index (κ1) is 20.1. The number of rotatable bonds is 6. The van der Waals surface area contributed by atoms with Crippen LogP contribution in [0.4, 0.5) is 0 Å². The van der Waals surface area contributed by atoms with Crippen molar-refractivity contribution in [1.82, 2.24) is 10.2 Å². The molecule has 26 heavy (non-hydrogen) atoms. The number of halogens is 1. The summed E-state index contributed by atoms with van der Waals surface area (Å²) in [4.78, 5) is 0. The maximum Gasteiger partial charge on any atom is 0.335 e. The predicted octanol–water partition coefficient (Wildman–Crippen LogP) is 3.02. The van der Waals surface area contributed by atoms with Crippen molar-refractivity contribution in [2.24, 2.45) is 5.73 Å². The van der Waals surface area contributed by atoms with E-state index in [1.165, 1.54) is 0 Å². The summed E-state index contributed by atoms with van der Waals surface area (Å²) < 4.78 is 30.3. The van der Waals surface area contributed by atoms with Gasteiger partial charge in [-0.2, -0.15) is 0 Å². The highest BCUT2D eigenvalue weighted by atomic mass is 35.5. The summed E-state index contributed by atoms with van der Waals surface area (Å²) in [6.07, 6.45) is 0.487. The molecule has 1 atom stereocenters. The number of sulfone groups is 1. The molecule has 0 bridgehead atoms. The molecule has 138 valence electrons. The second-order valence-corrected chi connectivity index (χ2v) is 7.82. The average Bonchev–Trinajstić information content (AvgIpc) is 3.06. The number of nitrogens with two attached hydrogens (primary N) is 1. The topological polar surface area (TPSA) is 99.1 Å². The number of hydrogen-bond donors (Lipinski definition) is 1. The molecule has 3 aromatic rings. The minimum Gasteiger partial charge on any atom is -0.411 e. The first-order chi connectivity index (χ1) is 11.9. The van der Waals surface area contributed by atoms with Gasteiger partial charge in [0, 0.05) is 0 Å². The Morgan fingerprint density at radius 3 is 2.42 bits per heavy atom. The third-order valence-corrected chi connectivity index (χ3v) is 5.15. The summed E-state index contributed by atoms with van der Waals surface area (Å²) in [5, 5.41) is 7.11. The van der Waals surface area contributed by atoms with Crippen LogP contribution < -0.4 is 5.73 Å². The van der Waals surface area contributed by atoms with Crippen molar-refractivity contribution >= 4 is 22.2 Å². The molecular formula is C18H20ClN3O3S. The van der Waals surface area contributed by atoms with Gasteiger partial charge in [0.15, 0.2) is 0 Å². The fraction of sp³-hybridized carbons (Fsp3) is 0.222. The average molecular weight is 394 g/mol. The summed E-state index contributed by atoms with van der Waals surface area (Å²) in [6, 6.07) is 16.3. The minimum absolute atomic E-state index is 0. The first-order valence-electron chi connectivity index (χ1n) is 7.85. The zero-order valence-electron chi connectivity index (χ0n) is 14.2. The van der Waals surface area contributed by atoms with E-state index in [1.54, 1.807) is 6.07 Å². The molecule has 0 radical (unpaired) electrons. The van der Waals surface area contributed by atoms with E-state index in [0.717, 1.165) is 11.1 Å². The lowest BCUT2D eigenvalue weighted by Gasteiger charge is -2.06. The van der Waals surface area contributed by atoms with Crippen molar-refractivity contribution in [2.45, 2.75) is 30.4 Å². The van der Waals surface area contributed by atoms with Gasteiger partial charge in [0.25, 0.3) is 0 Å². The second-order valence-electron chi connectivity index (χ2n) is 5.95. The summed E-state index contributed by atoms with van der Waals surface area (Å²) in [5.41, 5.74) is 8.74. The molecule has 0 fully saturated rings. The standard InChI is InChI=1S/C18H19N3O3S.ClH/c1-13-6-5-9-15(10-13)12-25(22,23)18-21-20-17(24-18)16(19)11-14-7-3-2-4-8-14;/h2-10,16H,11-12,19H2,1H3;1H/t16-;/m0./s1. The lowest BCUT2D eigenvalue weighted by Crippen LogP contribution is -2.13. The number of nitrogens with zero attached hydrogens (tertiary/aromatic N) is 2. The molecule has 0 aliphatic heterocycles. The smallest absolute Gasteiger partial charge is 0.335 e. The van der Waals surface area contributed by atoms with Crippen molar-refractivity contribution in [2.75, 3.05) is 0 Å². The molecule has 0 spiro atoms. The molecule has 0 amide bonds. The van der Waals surface area contributed by atoms with Crippen molar-refractivity contribution in [3.63, 3.8) is 0 Å². The molecule has 8 heteroatoms. The van der Waals surface area contributed by atoms with Crippen molar-refractivity contribution in [1.29, 1.82) is 0 Å². The van der Waals surface area contributed by atoms with E-state index in [2.05, 4.69) is 10.2 Å². The molecule has 0 saturated heterocycles. The zero-order valence-corrected chi connectivity index (χ0v) is 15.8. The van der Waals surface area contributed by atoms with E-state index in [0.29, 0.717) is 12.0 Å². The molecule has 6 nitrogen and oxygen atoms in total. The van der Waals surface area contributed by atoms with Crippen molar-refractivity contribution in [3.8, 4) is 0 Å². The zero-order chi connectivity index (χ0) is 17.9. The molecule has 1 aromatic heterocycles. The Kier molecular flexibility index (Phi) is 6.52. The molecule has 2 N–H and O–H groups in total. The second kappa shape index (κ2) is 8.44. The van der Waals surface area contributed by atoms with Crippen LogP contribution in [0.2, 0.25) is 0 Å². The third-order valence-electron chi connectivity index (χ3n) is 3.74. The van der Waals surface area contributed by atoms with E-state index in [9.17, 15) is 8.42 Å². The highest BCUT2D eigenvalue weighted by Gasteiger charge is 2.25. The molecule has 1 heterocycles. The van der Waals surface area contributed by atoms with Crippen molar-refractivity contribution in [3.05, 3.63) is 77.2 Å².